The summed E-state index contributed by atoms with van der Waals surface area (Å²) in [6.45, 7) is 9.53. The minimum atomic E-state index is -0.595. The van der Waals surface area contributed by atoms with E-state index in [2.05, 4.69) is 57.5 Å². The number of pyridine rings is 1. The van der Waals surface area contributed by atoms with Crippen LogP contribution in [0.4, 0.5) is 5.82 Å². The highest BCUT2D eigenvalue weighted by Gasteiger charge is 2.19. The normalized spacial score (nSPS) is 17.6. The first kappa shape index (κ1) is 18.2. The Kier molecular flexibility index (Phi) is 6.00. The first-order valence-corrected chi connectivity index (χ1v) is 8.59. The van der Waals surface area contributed by atoms with Gasteiger partial charge in [-0.15, -0.1) is 0 Å². The van der Waals surface area contributed by atoms with Crippen LogP contribution in [0.5, 0.6) is 0 Å². The lowest BCUT2D eigenvalue weighted by Gasteiger charge is -2.22. The van der Waals surface area contributed by atoms with Gasteiger partial charge in [0.25, 0.3) is 0 Å². The van der Waals surface area contributed by atoms with Crippen LogP contribution in [0.3, 0.4) is 0 Å². The molecule has 23 heavy (non-hydrogen) atoms. The molecule has 6 nitrogen and oxygen atoms in total. The number of aliphatic hydroxyl groups is 1. The van der Waals surface area contributed by atoms with Gasteiger partial charge in [0.15, 0.2) is 0 Å². The van der Waals surface area contributed by atoms with Crippen molar-refractivity contribution >= 4 is 27.5 Å². The Balaban J connectivity index is 1.96. The highest BCUT2D eigenvalue weighted by Crippen LogP contribution is 2.26. The molecule has 0 aliphatic carbocycles. The van der Waals surface area contributed by atoms with E-state index < -0.39 is 6.10 Å². The number of aryl methyl sites for hydroxylation is 1. The second-order valence-corrected chi connectivity index (χ2v) is 7.60. The third-order valence-corrected chi connectivity index (χ3v) is 4.23. The summed E-state index contributed by atoms with van der Waals surface area (Å²) in [4.78, 5) is 9.86. The number of halogens is 1. The first-order valence-electron chi connectivity index (χ1n) is 7.79. The summed E-state index contributed by atoms with van der Waals surface area (Å²) in [7, 11) is 0. The fourth-order valence-corrected chi connectivity index (χ4v) is 2.47. The Morgan fingerprint density at radius 2 is 2.26 bits per heavy atom. The van der Waals surface area contributed by atoms with Crippen LogP contribution < -0.4 is 10.6 Å². The third-order valence-electron chi connectivity index (χ3n) is 3.43. The Morgan fingerprint density at radius 3 is 2.96 bits per heavy atom. The summed E-state index contributed by atoms with van der Waals surface area (Å²) >= 11 is 3.50. The minimum absolute atomic E-state index is 0.0311. The molecule has 2 heterocycles. The highest BCUT2D eigenvalue weighted by molar-refractivity contribution is 9.10. The highest BCUT2D eigenvalue weighted by atomic mass is 79.9. The molecule has 1 aromatic rings. The Labute approximate surface area is 145 Å². The van der Waals surface area contributed by atoms with Crippen LogP contribution in [-0.2, 0) is 4.84 Å². The molecule has 128 valence electrons. The lowest BCUT2D eigenvalue weighted by Crippen LogP contribution is -2.42. The standard InChI is InChI=1S/C16H25BrN4O2/c1-10-13(17)7-12-14(5-6-18-15(12)20-10)21-23-9-11(22)8-19-16(2,3)4/h7,11,19,22H,5-6,8-9H2,1-4H3,(H,18,20)/b21-14+/t11-/m0/s1. The zero-order valence-electron chi connectivity index (χ0n) is 14.1. The Bertz CT molecular complexity index is 584. The summed E-state index contributed by atoms with van der Waals surface area (Å²) in [6.07, 6.45) is 0.170. The van der Waals surface area contributed by atoms with Crippen LogP contribution in [0.15, 0.2) is 15.7 Å². The molecule has 0 aromatic carbocycles. The molecule has 0 saturated carbocycles. The van der Waals surface area contributed by atoms with Gasteiger partial charge in [-0.3, -0.25) is 0 Å². The van der Waals surface area contributed by atoms with Gasteiger partial charge in [-0.1, -0.05) is 5.16 Å². The van der Waals surface area contributed by atoms with E-state index in [9.17, 15) is 5.11 Å². The van der Waals surface area contributed by atoms with Crippen molar-refractivity contribution in [2.75, 3.05) is 25.0 Å². The van der Waals surface area contributed by atoms with E-state index in [4.69, 9.17) is 4.84 Å². The molecule has 0 fully saturated rings. The Morgan fingerprint density at radius 1 is 1.52 bits per heavy atom. The zero-order chi connectivity index (χ0) is 17.0. The van der Waals surface area contributed by atoms with Crippen LogP contribution in [-0.4, -0.2) is 47.1 Å². The fraction of sp³-hybridized carbons (Fsp3) is 0.625. The van der Waals surface area contributed by atoms with E-state index in [1.165, 1.54) is 0 Å². The third kappa shape index (κ3) is 5.44. The van der Waals surface area contributed by atoms with Crippen LogP contribution in [0.2, 0.25) is 0 Å². The molecule has 0 radical (unpaired) electrons. The maximum Gasteiger partial charge on any atom is 0.144 e. The van der Waals surface area contributed by atoms with E-state index in [0.29, 0.717) is 6.54 Å². The minimum Gasteiger partial charge on any atom is -0.393 e. The largest absolute Gasteiger partial charge is 0.393 e. The van der Waals surface area contributed by atoms with Crippen LogP contribution in [0.25, 0.3) is 0 Å². The molecule has 0 saturated heterocycles. The number of aliphatic hydroxyl groups excluding tert-OH is 1. The van der Waals surface area contributed by atoms with Crippen LogP contribution in [0.1, 0.15) is 38.4 Å². The average molecular weight is 385 g/mol. The van der Waals surface area contributed by atoms with E-state index in [-0.39, 0.29) is 12.1 Å². The lowest BCUT2D eigenvalue weighted by atomic mass is 10.0. The summed E-state index contributed by atoms with van der Waals surface area (Å²) < 4.78 is 0.946. The average Bonchev–Trinajstić information content (AvgIpc) is 2.46. The number of hydrogen-bond donors (Lipinski definition) is 3. The molecule has 7 heteroatoms. The number of aromatic nitrogens is 1. The molecule has 1 aliphatic rings. The van der Waals surface area contributed by atoms with Gasteiger partial charge in [-0.2, -0.15) is 0 Å². The van der Waals surface area contributed by atoms with Crippen molar-refractivity contribution in [2.24, 2.45) is 5.16 Å². The fourth-order valence-electron chi connectivity index (χ4n) is 2.15. The number of hydrogen-bond acceptors (Lipinski definition) is 6. The SMILES string of the molecule is Cc1nc2c(cc1Br)/C(=N/OC[C@@H](O)CNC(C)(C)C)CCN2. The molecule has 0 spiro atoms. The molecule has 0 amide bonds. The summed E-state index contributed by atoms with van der Waals surface area (Å²) in [5.41, 5.74) is 2.69. The van der Waals surface area contributed by atoms with Crippen molar-refractivity contribution in [2.45, 2.75) is 45.8 Å². The first-order chi connectivity index (χ1) is 10.8. The van der Waals surface area contributed by atoms with Gasteiger partial charge < -0.3 is 20.6 Å². The van der Waals surface area contributed by atoms with Gasteiger partial charge in [-0.25, -0.2) is 4.98 Å². The van der Waals surface area contributed by atoms with Crippen molar-refractivity contribution in [1.82, 2.24) is 10.3 Å². The van der Waals surface area contributed by atoms with E-state index in [1.54, 1.807) is 0 Å². The van der Waals surface area contributed by atoms with Gasteiger partial charge in [0.1, 0.15) is 18.5 Å². The number of nitrogens with one attached hydrogen (secondary N) is 2. The van der Waals surface area contributed by atoms with E-state index >= 15 is 0 Å². The topological polar surface area (TPSA) is 78.8 Å². The number of β-amino-alcohol motifs (C(OH)–C–C–N with tert-alkyl or cyclic N) is 1. The van der Waals surface area contributed by atoms with Gasteiger partial charge in [-0.05, 0) is 49.7 Å². The number of rotatable bonds is 5. The van der Waals surface area contributed by atoms with Crippen molar-refractivity contribution in [3.8, 4) is 0 Å². The molecule has 0 bridgehead atoms. The number of fused-ring (bicyclic) bond motifs is 1. The van der Waals surface area contributed by atoms with Crippen LogP contribution in [0, 0.1) is 6.92 Å². The molecule has 2 rings (SSSR count). The maximum absolute atomic E-state index is 9.93. The zero-order valence-corrected chi connectivity index (χ0v) is 15.7. The quantitative estimate of drug-likeness (QED) is 0.679. The number of nitrogens with zero attached hydrogens (tertiary/aromatic N) is 2. The number of anilines is 1. The van der Waals surface area contributed by atoms with Crippen molar-refractivity contribution in [3.05, 3.63) is 21.8 Å². The van der Waals surface area contributed by atoms with Gasteiger partial charge in [0.2, 0.25) is 0 Å². The van der Waals surface area contributed by atoms with Crippen molar-refractivity contribution < 1.29 is 9.94 Å². The van der Waals surface area contributed by atoms with E-state index in [0.717, 1.165) is 40.2 Å². The molecular formula is C16H25BrN4O2. The molecule has 1 aromatic heterocycles. The van der Waals surface area contributed by atoms with Crippen molar-refractivity contribution in [3.63, 3.8) is 0 Å². The summed E-state index contributed by atoms with van der Waals surface area (Å²) in [5, 5.41) is 20.6. The summed E-state index contributed by atoms with van der Waals surface area (Å²) in [6, 6.07) is 2.00. The monoisotopic (exact) mass is 384 g/mol. The van der Waals surface area contributed by atoms with Crippen LogP contribution >= 0.6 is 15.9 Å². The van der Waals surface area contributed by atoms with E-state index in [1.807, 2.05) is 13.0 Å². The Hall–Kier alpha value is -1.18. The second-order valence-electron chi connectivity index (χ2n) is 6.75. The molecule has 0 unspecified atom stereocenters. The lowest BCUT2D eigenvalue weighted by molar-refractivity contribution is 0.0371. The molecular weight excluding hydrogens is 360 g/mol. The molecule has 1 atom stereocenters. The summed E-state index contributed by atoms with van der Waals surface area (Å²) in [5.74, 6) is 0.828. The van der Waals surface area contributed by atoms with Crippen molar-refractivity contribution in [1.29, 1.82) is 0 Å². The molecule has 1 aliphatic heterocycles. The maximum atomic E-state index is 9.93. The smallest absolute Gasteiger partial charge is 0.144 e. The molecule has 3 N–H and O–H groups in total. The second kappa shape index (κ2) is 7.59. The van der Waals surface area contributed by atoms with Gasteiger partial charge >= 0.3 is 0 Å². The van der Waals surface area contributed by atoms with Gasteiger partial charge in [0, 0.05) is 35.1 Å². The predicted molar refractivity (Wildman–Crippen MR) is 96.0 cm³/mol. The van der Waals surface area contributed by atoms with Gasteiger partial charge in [0.05, 0.1) is 11.4 Å². The number of oxime groups is 1. The predicted octanol–water partition coefficient (Wildman–Crippen LogP) is 2.44.